The predicted molar refractivity (Wildman–Crippen MR) is 87.3 cm³/mol. The molecule has 0 atom stereocenters. The summed E-state index contributed by atoms with van der Waals surface area (Å²) < 4.78 is 10.5. The molecule has 0 unspecified atom stereocenters. The molecule has 1 rings (SSSR count). The lowest BCUT2D eigenvalue weighted by atomic mass is 10.2. The van der Waals surface area contributed by atoms with Crippen LogP contribution >= 0.6 is 0 Å². The molecule has 0 aliphatic rings. The highest BCUT2D eigenvalue weighted by Crippen LogP contribution is 2.27. The van der Waals surface area contributed by atoms with Gasteiger partial charge in [0.1, 0.15) is 0 Å². The zero-order valence-electron chi connectivity index (χ0n) is 13.5. The summed E-state index contributed by atoms with van der Waals surface area (Å²) in [7, 11) is 3.28. The molecule has 0 saturated carbocycles. The van der Waals surface area contributed by atoms with Gasteiger partial charge in [-0.15, -0.1) is 0 Å². The maximum atomic E-state index is 5.31. The van der Waals surface area contributed by atoms with E-state index in [2.05, 4.69) is 29.5 Å². The summed E-state index contributed by atoms with van der Waals surface area (Å²) in [6.07, 6.45) is 2.31. The molecule has 0 fully saturated rings. The van der Waals surface area contributed by atoms with E-state index in [1.807, 2.05) is 18.2 Å². The number of benzene rings is 1. The van der Waals surface area contributed by atoms with Gasteiger partial charge in [-0.2, -0.15) is 0 Å². The second-order valence-corrected chi connectivity index (χ2v) is 4.66. The van der Waals surface area contributed by atoms with E-state index in [9.17, 15) is 0 Å². The minimum absolute atomic E-state index is 0.599. The number of nitrogens with zero attached hydrogens (tertiary/aromatic N) is 1. The lowest BCUT2D eigenvalue weighted by molar-refractivity contribution is 0.354. The Kier molecular flexibility index (Phi) is 8.09. The van der Waals surface area contributed by atoms with Crippen LogP contribution in [-0.2, 0) is 6.54 Å². The van der Waals surface area contributed by atoms with Crippen molar-refractivity contribution in [1.82, 2.24) is 10.6 Å². The first-order valence-corrected chi connectivity index (χ1v) is 7.48. The van der Waals surface area contributed by atoms with Crippen LogP contribution in [0.3, 0.4) is 0 Å². The van der Waals surface area contributed by atoms with Crippen LogP contribution in [0.2, 0.25) is 0 Å². The average Bonchev–Trinajstić information content (AvgIpc) is 2.52. The van der Waals surface area contributed by atoms with Crippen molar-refractivity contribution in [2.75, 3.05) is 27.3 Å². The minimum atomic E-state index is 0.599. The smallest absolute Gasteiger partial charge is 0.191 e. The topological polar surface area (TPSA) is 54.9 Å². The molecule has 0 saturated heterocycles. The fourth-order valence-corrected chi connectivity index (χ4v) is 1.87. The van der Waals surface area contributed by atoms with E-state index < -0.39 is 0 Å². The van der Waals surface area contributed by atoms with Gasteiger partial charge >= 0.3 is 0 Å². The van der Waals surface area contributed by atoms with Crippen molar-refractivity contribution in [1.29, 1.82) is 0 Å². The highest BCUT2D eigenvalue weighted by Gasteiger charge is 2.04. The van der Waals surface area contributed by atoms with Crippen LogP contribution < -0.4 is 20.1 Å². The lowest BCUT2D eigenvalue weighted by Crippen LogP contribution is -2.37. The summed E-state index contributed by atoms with van der Waals surface area (Å²) in [5.41, 5.74) is 1.08. The molecule has 5 nitrogen and oxygen atoms in total. The third-order valence-electron chi connectivity index (χ3n) is 3.03. The summed E-state index contributed by atoms with van der Waals surface area (Å²) >= 11 is 0. The number of ether oxygens (including phenoxy) is 2. The second kappa shape index (κ2) is 9.91. The Bertz CT molecular complexity index is 447. The van der Waals surface area contributed by atoms with Gasteiger partial charge in [0.25, 0.3) is 0 Å². The Hall–Kier alpha value is -1.91. The zero-order valence-corrected chi connectivity index (χ0v) is 13.5. The molecule has 0 amide bonds. The molecule has 21 heavy (non-hydrogen) atoms. The zero-order chi connectivity index (χ0) is 15.5. The van der Waals surface area contributed by atoms with Gasteiger partial charge < -0.3 is 20.1 Å². The van der Waals surface area contributed by atoms with Crippen molar-refractivity contribution in [2.24, 2.45) is 4.99 Å². The van der Waals surface area contributed by atoms with Crippen LogP contribution in [0.15, 0.2) is 23.2 Å². The van der Waals surface area contributed by atoms with E-state index in [0.29, 0.717) is 6.54 Å². The van der Waals surface area contributed by atoms with Gasteiger partial charge in [0.2, 0.25) is 0 Å². The van der Waals surface area contributed by atoms with E-state index in [-0.39, 0.29) is 0 Å². The second-order valence-electron chi connectivity index (χ2n) is 4.66. The fraction of sp³-hybridized carbons (Fsp3) is 0.562. The van der Waals surface area contributed by atoms with Crippen LogP contribution in [0.4, 0.5) is 0 Å². The highest BCUT2D eigenvalue weighted by molar-refractivity contribution is 5.79. The van der Waals surface area contributed by atoms with E-state index in [4.69, 9.17) is 9.47 Å². The molecular weight excluding hydrogens is 266 g/mol. The van der Waals surface area contributed by atoms with E-state index >= 15 is 0 Å². The summed E-state index contributed by atoms with van der Waals surface area (Å²) in [6.45, 7) is 6.63. The number of hydrogen-bond donors (Lipinski definition) is 2. The third kappa shape index (κ3) is 5.94. The van der Waals surface area contributed by atoms with E-state index in [1.165, 1.54) is 6.42 Å². The molecule has 0 heterocycles. The molecular formula is C16H27N3O2. The number of unbranched alkanes of at least 4 members (excludes halogenated alkanes) is 1. The van der Waals surface area contributed by atoms with Crippen molar-refractivity contribution >= 4 is 5.96 Å². The summed E-state index contributed by atoms with van der Waals surface area (Å²) in [6, 6.07) is 5.86. The van der Waals surface area contributed by atoms with Crippen molar-refractivity contribution in [2.45, 2.75) is 33.2 Å². The molecule has 2 N–H and O–H groups in total. The molecule has 5 heteroatoms. The number of aliphatic imine (C=N–C) groups is 1. The van der Waals surface area contributed by atoms with Crippen molar-refractivity contribution < 1.29 is 9.47 Å². The Labute approximate surface area is 127 Å². The summed E-state index contributed by atoms with van der Waals surface area (Å²) in [5, 5.41) is 6.57. The highest BCUT2D eigenvalue weighted by atomic mass is 16.5. The van der Waals surface area contributed by atoms with Crippen LogP contribution in [0, 0.1) is 0 Å². The van der Waals surface area contributed by atoms with Crippen molar-refractivity contribution in [3.63, 3.8) is 0 Å². The van der Waals surface area contributed by atoms with Gasteiger partial charge in [-0.3, -0.25) is 0 Å². The standard InChI is InChI=1S/C16H27N3O2/c1-5-7-10-18-16(17-6-2)19-12-13-8-9-14(20-3)15(11-13)21-4/h8-9,11H,5-7,10,12H2,1-4H3,(H2,17,18,19). The van der Waals surface area contributed by atoms with Crippen LogP contribution in [0.5, 0.6) is 11.5 Å². The lowest BCUT2D eigenvalue weighted by Gasteiger charge is -2.11. The number of guanidine groups is 1. The normalized spacial score (nSPS) is 11.1. The fourth-order valence-electron chi connectivity index (χ4n) is 1.87. The summed E-state index contributed by atoms with van der Waals surface area (Å²) in [5.74, 6) is 2.31. The number of rotatable bonds is 8. The first kappa shape index (κ1) is 17.1. The van der Waals surface area contributed by atoms with Gasteiger partial charge in [-0.05, 0) is 31.0 Å². The maximum Gasteiger partial charge on any atom is 0.191 e. The van der Waals surface area contributed by atoms with Crippen molar-refractivity contribution in [3.8, 4) is 11.5 Å². The molecule has 1 aromatic rings. The Morgan fingerprint density at radius 3 is 2.48 bits per heavy atom. The van der Waals surface area contributed by atoms with E-state index in [1.54, 1.807) is 14.2 Å². The SMILES string of the molecule is CCCCNC(=NCc1ccc(OC)c(OC)c1)NCC. The van der Waals surface area contributed by atoms with Crippen LogP contribution in [0.25, 0.3) is 0 Å². The van der Waals surface area contributed by atoms with Gasteiger partial charge in [0, 0.05) is 13.1 Å². The van der Waals surface area contributed by atoms with Gasteiger partial charge in [0.05, 0.1) is 20.8 Å². The maximum absolute atomic E-state index is 5.31. The van der Waals surface area contributed by atoms with E-state index in [0.717, 1.165) is 42.5 Å². The largest absolute Gasteiger partial charge is 0.493 e. The molecule has 1 aromatic carbocycles. The van der Waals surface area contributed by atoms with Gasteiger partial charge in [-0.25, -0.2) is 4.99 Å². The molecule has 0 aromatic heterocycles. The first-order valence-electron chi connectivity index (χ1n) is 7.48. The molecule has 118 valence electrons. The van der Waals surface area contributed by atoms with Crippen LogP contribution in [-0.4, -0.2) is 33.3 Å². The van der Waals surface area contributed by atoms with Gasteiger partial charge in [0.15, 0.2) is 17.5 Å². The van der Waals surface area contributed by atoms with Gasteiger partial charge in [-0.1, -0.05) is 19.4 Å². The average molecular weight is 293 g/mol. The third-order valence-corrected chi connectivity index (χ3v) is 3.03. The molecule has 0 bridgehead atoms. The number of methoxy groups -OCH3 is 2. The monoisotopic (exact) mass is 293 g/mol. The predicted octanol–water partition coefficient (Wildman–Crippen LogP) is 2.56. The van der Waals surface area contributed by atoms with Crippen LogP contribution in [0.1, 0.15) is 32.3 Å². The number of hydrogen-bond acceptors (Lipinski definition) is 3. The number of nitrogens with one attached hydrogen (secondary N) is 2. The Balaban J connectivity index is 2.70. The molecule has 0 aliphatic carbocycles. The molecule has 0 spiro atoms. The first-order chi connectivity index (χ1) is 10.2. The summed E-state index contributed by atoms with van der Waals surface area (Å²) in [4.78, 5) is 4.58. The minimum Gasteiger partial charge on any atom is -0.493 e. The molecule has 0 radical (unpaired) electrons. The van der Waals surface area contributed by atoms with Crippen molar-refractivity contribution in [3.05, 3.63) is 23.8 Å². The molecule has 0 aliphatic heterocycles. The Morgan fingerprint density at radius 2 is 1.86 bits per heavy atom. The Morgan fingerprint density at radius 1 is 1.10 bits per heavy atom. The quantitative estimate of drug-likeness (QED) is 0.439.